The third-order valence-corrected chi connectivity index (χ3v) is 4.41. The number of imidazole rings is 1. The topological polar surface area (TPSA) is 106 Å². The van der Waals surface area contributed by atoms with Gasteiger partial charge in [-0.3, -0.25) is 9.36 Å². The number of benzene rings is 1. The Kier molecular flexibility index (Phi) is 5.73. The molecule has 2 N–H and O–H groups in total. The first kappa shape index (κ1) is 19.2. The van der Waals surface area contributed by atoms with Crippen LogP contribution < -0.4 is 16.2 Å². The Morgan fingerprint density at radius 3 is 2.82 bits per heavy atom. The van der Waals surface area contributed by atoms with E-state index in [2.05, 4.69) is 28.0 Å². The van der Waals surface area contributed by atoms with Crippen molar-refractivity contribution in [2.75, 3.05) is 25.0 Å². The first-order chi connectivity index (χ1) is 13.6. The van der Waals surface area contributed by atoms with Gasteiger partial charge >= 0.3 is 0 Å². The zero-order chi connectivity index (χ0) is 20.1. The number of hydrogen-bond acceptors (Lipinski definition) is 6. The van der Waals surface area contributed by atoms with Gasteiger partial charge in [0.2, 0.25) is 5.95 Å². The molecule has 28 heavy (non-hydrogen) atoms. The van der Waals surface area contributed by atoms with Crippen molar-refractivity contribution in [2.45, 2.75) is 20.0 Å². The number of rotatable bonds is 6. The van der Waals surface area contributed by atoms with E-state index in [4.69, 9.17) is 5.73 Å². The van der Waals surface area contributed by atoms with Crippen molar-refractivity contribution in [1.29, 1.82) is 5.26 Å². The van der Waals surface area contributed by atoms with Crippen LogP contribution in [0.2, 0.25) is 0 Å². The molecule has 1 aromatic carbocycles. The lowest BCUT2D eigenvalue weighted by molar-refractivity contribution is 0.641. The standard InChI is InChI=1S/C20H21N7O/c1-3-4-10-26-18-17(24-20(26)25(2)11-9-21)13-23-27(19(18)28)14-16-8-6-5-7-15(16)12-22/h5-8,13H,9-11,14,21H2,1-2H3. The fourth-order valence-electron chi connectivity index (χ4n) is 3.01. The van der Waals surface area contributed by atoms with Crippen LogP contribution in [0.4, 0.5) is 5.95 Å². The molecule has 3 aromatic rings. The van der Waals surface area contributed by atoms with Gasteiger partial charge in [-0.2, -0.15) is 10.4 Å². The molecule has 2 heterocycles. The summed E-state index contributed by atoms with van der Waals surface area (Å²) in [5, 5.41) is 13.5. The van der Waals surface area contributed by atoms with Crippen LogP contribution in [-0.4, -0.2) is 39.5 Å². The van der Waals surface area contributed by atoms with Gasteiger partial charge in [0.25, 0.3) is 5.56 Å². The minimum atomic E-state index is -0.275. The van der Waals surface area contributed by atoms with Crippen LogP contribution in [0.5, 0.6) is 0 Å². The van der Waals surface area contributed by atoms with Crippen LogP contribution in [0.1, 0.15) is 18.1 Å². The van der Waals surface area contributed by atoms with Crippen molar-refractivity contribution in [2.24, 2.45) is 5.73 Å². The van der Waals surface area contributed by atoms with Crippen LogP contribution >= 0.6 is 0 Å². The summed E-state index contributed by atoms with van der Waals surface area (Å²) in [6.45, 7) is 3.36. The maximum atomic E-state index is 13.2. The molecule has 8 nitrogen and oxygen atoms in total. The second kappa shape index (κ2) is 8.38. The van der Waals surface area contributed by atoms with Gasteiger partial charge in [0.1, 0.15) is 11.0 Å². The van der Waals surface area contributed by atoms with Crippen molar-refractivity contribution < 1.29 is 0 Å². The molecule has 8 heteroatoms. The van der Waals surface area contributed by atoms with Crippen LogP contribution in [0.15, 0.2) is 35.3 Å². The smallest absolute Gasteiger partial charge is 0.293 e. The number of hydrogen-bond donors (Lipinski definition) is 1. The highest BCUT2D eigenvalue weighted by Gasteiger charge is 2.18. The van der Waals surface area contributed by atoms with Gasteiger partial charge < -0.3 is 10.6 Å². The summed E-state index contributed by atoms with van der Waals surface area (Å²) in [5.41, 5.74) is 7.59. The molecule has 0 aliphatic carbocycles. The zero-order valence-corrected chi connectivity index (χ0v) is 15.9. The molecule has 0 radical (unpaired) electrons. The number of aromatic nitrogens is 4. The number of nitrogens with two attached hydrogens (primary N) is 1. The number of fused-ring (bicyclic) bond motifs is 1. The first-order valence-electron chi connectivity index (χ1n) is 8.85. The summed E-state index contributed by atoms with van der Waals surface area (Å²) in [4.78, 5) is 19.6. The van der Waals surface area contributed by atoms with Crippen molar-refractivity contribution in [1.82, 2.24) is 19.3 Å². The Hall–Kier alpha value is -3.62. The monoisotopic (exact) mass is 375 g/mol. The third-order valence-electron chi connectivity index (χ3n) is 4.41. The molecule has 0 saturated heterocycles. The van der Waals surface area contributed by atoms with E-state index in [-0.39, 0.29) is 12.1 Å². The summed E-state index contributed by atoms with van der Waals surface area (Å²) in [5.74, 6) is 6.48. The van der Waals surface area contributed by atoms with Crippen LogP contribution in [0, 0.1) is 23.2 Å². The second-order valence-electron chi connectivity index (χ2n) is 6.25. The molecule has 0 aliphatic rings. The minimum Gasteiger partial charge on any atom is -0.344 e. The van der Waals surface area contributed by atoms with E-state index in [0.29, 0.717) is 42.2 Å². The minimum absolute atomic E-state index is 0.205. The van der Waals surface area contributed by atoms with Crippen LogP contribution in [0.25, 0.3) is 11.0 Å². The van der Waals surface area contributed by atoms with Gasteiger partial charge in [-0.05, 0) is 18.6 Å². The lowest BCUT2D eigenvalue weighted by Gasteiger charge is -2.17. The highest BCUT2D eigenvalue weighted by molar-refractivity contribution is 5.77. The summed E-state index contributed by atoms with van der Waals surface area (Å²) in [6.07, 6.45) is 1.57. The van der Waals surface area contributed by atoms with Gasteiger partial charge in [0.05, 0.1) is 30.9 Å². The maximum absolute atomic E-state index is 13.2. The van der Waals surface area contributed by atoms with Gasteiger partial charge in [0, 0.05) is 20.1 Å². The van der Waals surface area contributed by atoms with E-state index < -0.39 is 0 Å². The Bertz CT molecular complexity index is 1160. The number of nitrogens with zero attached hydrogens (tertiary/aromatic N) is 6. The molecule has 2 aromatic heterocycles. The Morgan fingerprint density at radius 1 is 1.32 bits per heavy atom. The lowest BCUT2D eigenvalue weighted by atomic mass is 10.1. The quantitative estimate of drug-likeness (QED) is 0.643. The third kappa shape index (κ3) is 3.59. The number of anilines is 1. The lowest BCUT2D eigenvalue weighted by Crippen LogP contribution is -2.29. The van der Waals surface area contributed by atoms with E-state index >= 15 is 0 Å². The molecule has 0 amide bonds. The Labute approximate surface area is 162 Å². The van der Waals surface area contributed by atoms with E-state index in [1.54, 1.807) is 29.8 Å². The second-order valence-corrected chi connectivity index (χ2v) is 6.25. The SMILES string of the molecule is CC#CCn1c(N(C)CCN)nc2cnn(Cc3ccccc3C#N)c(=O)c21. The van der Waals surface area contributed by atoms with Crippen LogP contribution in [0.3, 0.4) is 0 Å². The predicted octanol–water partition coefficient (Wildman–Crippen LogP) is 0.931. The largest absolute Gasteiger partial charge is 0.344 e. The van der Waals surface area contributed by atoms with Crippen molar-refractivity contribution in [3.05, 3.63) is 51.9 Å². The molecule has 0 spiro atoms. The average Bonchev–Trinajstić information content (AvgIpc) is 3.08. The molecule has 0 saturated carbocycles. The average molecular weight is 375 g/mol. The highest BCUT2D eigenvalue weighted by atomic mass is 16.1. The van der Waals surface area contributed by atoms with Gasteiger partial charge in [-0.1, -0.05) is 24.1 Å². The molecule has 3 rings (SSSR count). The van der Waals surface area contributed by atoms with Crippen LogP contribution in [-0.2, 0) is 13.1 Å². The van der Waals surface area contributed by atoms with Gasteiger partial charge in [-0.15, -0.1) is 5.92 Å². The Balaban J connectivity index is 2.15. The number of likely N-dealkylation sites (N-methyl/N-ethyl adjacent to an activating group) is 1. The zero-order valence-electron chi connectivity index (χ0n) is 15.9. The maximum Gasteiger partial charge on any atom is 0.293 e. The molecule has 142 valence electrons. The summed E-state index contributed by atoms with van der Waals surface area (Å²) in [6, 6.07) is 9.31. The van der Waals surface area contributed by atoms with E-state index in [9.17, 15) is 10.1 Å². The van der Waals surface area contributed by atoms with E-state index in [0.717, 1.165) is 5.56 Å². The Morgan fingerprint density at radius 2 is 2.11 bits per heavy atom. The molecular weight excluding hydrogens is 354 g/mol. The molecule has 0 aliphatic heterocycles. The van der Waals surface area contributed by atoms with Gasteiger partial charge in [-0.25, -0.2) is 9.67 Å². The van der Waals surface area contributed by atoms with Crippen molar-refractivity contribution in [3.63, 3.8) is 0 Å². The summed E-state index contributed by atoms with van der Waals surface area (Å²) in [7, 11) is 1.87. The predicted molar refractivity (Wildman–Crippen MR) is 108 cm³/mol. The van der Waals surface area contributed by atoms with Gasteiger partial charge in [0.15, 0.2) is 0 Å². The molecule has 0 atom stereocenters. The summed E-state index contributed by atoms with van der Waals surface area (Å²) >= 11 is 0. The normalized spacial score (nSPS) is 10.4. The fraction of sp³-hybridized carbons (Fsp3) is 0.300. The van der Waals surface area contributed by atoms with E-state index in [1.165, 1.54) is 4.68 Å². The number of nitriles is 1. The van der Waals surface area contributed by atoms with E-state index in [1.807, 2.05) is 24.1 Å². The van der Waals surface area contributed by atoms with Crippen molar-refractivity contribution in [3.8, 4) is 17.9 Å². The molecule has 0 bridgehead atoms. The molecule has 0 fully saturated rings. The van der Waals surface area contributed by atoms with Crippen molar-refractivity contribution >= 4 is 17.0 Å². The first-order valence-corrected chi connectivity index (χ1v) is 8.85. The highest BCUT2D eigenvalue weighted by Crippen LogP contribution is 2.19. The molecular formula is C20H21N7O. The summed E-state index contributed by atoms with van der Waals surface area (Å²) < 4.78 is 3.14. The fourth-order valence-corrected chi connectivity index (χ4v) is 3.01. The molecule has 0 unspecified atom stereocenters.